The van der Waals surface area contributed by atoms with Gasteiger partial charge in [-0.15, -0.1) is 0 Å². The number of amides is 2. The van der Waals surface area contributed by atoms with Crippen molar-refractivity contribution in [3.05, 3.63) is 12.2 Å². The Bertz CT molecular complexity index is 404. The van der Waals surface area contributed by atoms with Crippen LogP contribution in [0.5, 0.6) is 0 Å². The Morgan fingerprint density at radius 3 is 2.67 bits per heavy atom. The fourth-order valence-corrected chi connectivity index (χ4v) is 2.75. The van der Waals surface area contributed by atoms with Crippen molar-refractivity contribution in [2.45, 2.75) is 51.5 Å². The van der Waals surface area contributed by atoms with E-state index in [0.29, 0.717) is 26.0 Å². The molecule has 1 unspecified atom stereocenters. The minimum Gasteiger partial charge on any atom is -0.361 e. The summed E-state index contributed by atoms with van der Waals surface area (Å²) < 4.78 is 5.54. The van der Waals surface area contributed by atoms with Crippen molar-refractivity contribution in [1.29, 1.82) is 0 Å². The van der Waals surface area contributed by atoms with Gasteiger partial charge < -0.3 is 10.1 Å². The van der Waals surface area contributed by atoms with Crippen LogP contribution in [-0.4, -0.2) is 50.7 Å². The zero-order chi connectivity index (χ0) is 16.0. The Kier molecular flexibility index (Phi) is 6.77. The Hall–Kier alpha value is -0.983. The SMILES string of the molecule is C=C(C)CNC1CCC(=O)N(COCC[Si](C)(C)C)C1=O. The highest BCUT2D eigenvalue weighted by Crippen LogP contribution is 2.14. The molecule has 1 aliphatic rings. The van der Waals surface area contributed by atoms with Crippen LogP contribution in [0.3, 0.4) is 0 Å². The van der Waals surface area contributed by atoms with Gasteiger partial charge in [-0.05, 0) is 19.4 Å². The predicted molar refractivity (Wildman–Crippen MR) is 86.7 cm³/mol. The summed E-state index contributed by atoms with van der Waals surface area (Å²) in [7, 11) is -1.15. The number of nitrogens with zero attached hydrogens (tertiary/aromatic N) is 1. The maximum atomic E-state index is 12.3. The van der Waals surface area contributed by atoms with Crippen LogP contribution in [0.2, 0.25) is 25.7 Å². The molecule has 6 heteroatoms. The number of piperidine rings is 1. The summed E-state index contributed by atoms with van der Waals surface area (Å²) in [6, 6.07) is 0.723. The average Bonchev–Trinajstić information content (AvgIpc) is 2.35. The average molecular weight is 312 g/mol. The van der Waals surface area contributed by atoms with Gasteiger partial charge in [-0.25, -0.2) is 0 Å². The van der Waals surface area contributed by atoms with E-state index in [1.165, 1.54) is 4.90 Å². The molecule has 2 amide bonds. The normalized spacial score (nSPS) is 20.0. The van der Waals surface area contributed by atoms with E-state index in [-0.39, 0.29) is 24.6 Å². The summed E-state index contributed by atoms with van der Waals surface area (Å²) in [4.78, 5) is 25.4. The van der Waals surface area contributed by atoms with Crippen LogP contribution >= 0.6 is 0 Å². The molecule has 0 saturated carbocycles. The number of carbonyl (C=O) groups is 2. The van der Waals surface area contributed by atoms with Gasteiger partial charge in [-0.2, -0.15) is 0 Å². The van der Waals surface area contributed by atoms with E-state index in [1.54, 1.807) is 0 Å². The highest BCUT2D eigenvalue weighted by Gasteiger charge is 2.33. The Morgan fingerprint density at radius 2 is 2.10 bits per heavy atom. The molecular formula is C15H28N2O3Si. The largest absolute Gasteiger partial charge is 0.361 e. The number of ether oxygens (including phenoxy) is 1. The molecule has 0 aromatic heterocycles. The van der Waals surface area contributed by atoms with Crippen LogP contribution in [0.1, 0.15) is 19.8 Å². The van der Waals surface area contributed by atoms with E-state index in [4.69, 9.17) is 4.74 Å². The third kappa shape index (κ3) is 6.54. The van der Waals surface area contributed by atoms with E-state index in [2.05, 4.69) is 31.5 Å². The molecule has 1 rings (SSSR count). The van der Waals surface area contributed by atoms with Crippen LogP contribution in [0.4, 0.5) is 0 Å². The number of hydrogen-bond acceptors (Lipinski definition) is 4. The number of carbonyl (C=O) groups excluding carboxylic acids is 2. The van der Waals surface area contributed by atoms with Crippen molar-refractivity contribution in [3.8, 4) is 0 Å². The molecule has 0 bridgehead atoms. The summed E-state index contributed by atoms with van der Waals surface area (Å²) >= 11 is 0. The van der Waals surface area contributed by atoms with Crippen molar-refractivity contribution < 1.29 is 14.3 Å². The fraction of sp³-hybridized carbons (Fsp3) is 0.733. The van der Waals surface area contributed by atoms with E-state index in [9.17, 15) is 9.59 Å². The highest BCUT2D eigenvalue weighted by atomic mass is 28.3. The Morgan fingerprint density at radius 1 is 1.43 bits per heavy atom. The maximum absolute atomic E-state index is 12.3. The molecule has 0 aromatic rings. The summed E-state index contributed by atoms with van der Waals surface area (Å²) in [6.07, 6.45) is 0.938. The third-order valence-electron chi connectivity index (χ3n) is 3.38. The zero-order valence-corrected chi connectivity index (χ0v) is 14.7. The molecule has 21 heavy (non-hydrogen) atoms. The van der Waals surface area contributed by atoms with Crippen molar-refractivity contribution in [2.24, 2.45) is 0 Å². The lowest BCUT2D eigenvalue weighted by atomic mass is 10.0. The van der Waals surface area contributed by atoms with Crippen molar-refractivity contribution in [3.63, 3.8) is 0 Å². The molecule has 1 aliphatic heterocycles. The van der Waals surface area contributed by atoms with Crippen LogP contribution in [0.15, 0.2) is 12.2 Å². The number of likely N-dealkylation sites (tertiary alicyclic amines) is 1. The standard InChI is InChI=1S/C15H28N2O3Si/c1-12(2)10-16-13-6-7-14(18)17(15(13)19)11-20-8-9-21(3,4)5/h13,16H,1,6-11H2,2-5H3. The third-order valence-corrected chi connectivity index (χ3v) is 5.08. The molecule has 0 aromatic carbocycles. The molecule has 1 heterocycles. The summed E-state index contributed by atoms with van der Waals surface area (Å²) in [6.45, 7) is 13.8. The molecule has 1 saturated heterocycles. The van der Waals surface area contributed by atoms with Crippen molar-refractivity contribution in [1.82, 2.24) is 10.2 Å². The second-order valence-corrected chi connectivity index (χ2v) is 12.6. The Balaban J connectivity index is 2.45. The summed E-state index contributed by atoms with van der Waals surface area (Å²) in [5, 5.41) is 3.14. The zero-order valence-electron chi connectivity index (χ0n) is 13.7. The van der Waals surface area contributed by atoms with Gasteiger partial charge in [0.1, 0.15) is 6.73 Å². The number of hydrogen-bond donors (Lipinski definition) is 1. The van der Waals surface area contributed by atoms with Gasteiger partial charge in [-0.1, -0.05) is 31.8 Å². The monoisotopic (exact) mass is 312 g/mol. The van der Waals surface area contributed by atoms with Crippen LogP contribution < -0.4 is 5.32 Å². The first kappa shape index (κ1) is 18.1. The van der Waals surface area contributed by atoms with Crippen LogP contribution in [0, 0.1) is 0 Å². The molecule has 1 atom stereocenters. The first-order chi connectivity index (χ1) is 9.70. The van der Waals surface area contributed by atoms with Gasteiger partial charge in [0, 0.05) is 27.6 Å². The first-order valence-electron chi connectivity index (χ1n) is 7.50. The molecule has 1 N–H and O–H groups in total. The second-order valence-electron chi connectivity index (χ2n) is 6.94. The van der Waals surface area contributed by atoms with E-state index in [0.717, 1.165) is 11.6 Å². The molecule has 0 aliphatic carbocycles. The van der Waals surface area contributed by atoms with Gasteiger partial charge in [0.25, 0.3) is 0 Å². The predicted octanol–water partition coefficient (Wildman–Crippen LogP) is 1.98. The number of imide groups is 1. The molecule has 1 fully saturated rings. The van der Waals surface area contributed by atoms with E-state index >= 15 is 0 Å². The summed E-state index contributed by atoms with van der Waals surface area (Å²) in [5.41, 5.74) is 0.970. The lowest BCUT2D eigenvalue weighted by molar-refractivity contribution is -0.156. The van der Waals surface area contributed by atoms with Crippen LogP contribution in [0.25, 0.3) is 0 Å². The molecule has 5 nitrogen and oxygen atoms in total. The quantitative estimate of drug-likeness (QED) is 0.322. The Labute approximate surface area is 128 Å². The van der Waals surface area contributed by atoms with E-state index in [1.807, 2.05) is 6.92 Å². The molecular weight excluding hydrogens is 284 g/mol. The van der Waals surface area contributed by atoms with Gasteiger partial charge in [0.15, 0.2) is 0 Å². The highest BCUT2D eigenvalue weighted by molar-refractivity contribution is 6.76. The molecule has 0 radical (unpaired) electrons. The van der Waals surface area contributed by atoms with Crippen molar-refractivity contribution >= 4 is 19.9 Å². The number of rotatable bonds is 8. The molecule has 120 valence electrons. The van der Waals surface area contributed by atoms with Gasteiger partial charge in [-0.3, -0.25) is 14.5 Å². The van der Waals surface area contributed by atoms with E-state index < -0.39 is 8.07 Å². The lowest BCUT2D eigenvalue weighted by Gasteiger charge is -2.31. The van der Waals surface area contributed by atoms with Gasteiger partial charge >= 0.3 is 0 Å². The minimum absolute atomic E-state index is 0.0768. The smallest absolute Gasteiger partial charge is 0.248 e. The maximum Gasteiger partial charge on any atom is 0.248 e. The summed E-state index contributed by atoms with van der Waals surface area (Å²) in [5.74, 6) is -0.318. The molecule has 0 spiro atoms. The van der Waals surface area contributed by atoms with Crippen LogP contribution in [-0.2, 0) is 14.3 Å². The first-order valence-corrected chi connectivity index (χ1v) is 11.2. The van der Waals surface area contributed by atoms with Gasteiger partial charge in [0.2, 0.25) is 11.8 Å². The topological polar surface area (TPSA) is 58.6 Å². The number of nitrogens with one attached hydrogen (secondary N) is 1. The lowest BCUT2D eigenvalue weighted by Crippen LogP contribution is -2.54. The fourth-order valence-electron chi connectivity index (χ4n) is 1.99. The second kappa shape index (κ2) is 7.86. The minimum atomic E-state index is -1.15. The van der Waals surface area contributed by atoms with Crippen molar-refractivity contribution in [2.75, 3.05) is 19.9 Å². The van der Waals surface area contributed by atoms with Gasteiger partial charge in [0.05, 0.1) is 6.04 Å².